The summed E-state index contributed by atoms with van der Waals surface area (Å²) in [5, 5.41) is 9.20. The maximum Gasteiger partial charge on any atom is 0.251 e. The maximum atomic E-state index is 13.5. The number of nitrogens with one attached hydrogen (secondary N) is 3. The first-order valence-corrected chi connectivity index (χ1v) is 9.05. The van der Waals surface area contributed by atoms with Crippen molar-refractivity contribution >= 4 is 35.8 Å². The Hall–Kier alpha value is -2.16. The van der Waals surface area contributed by atoms with Gasteiger partial charge in [-0.1, -0.05) is 43.3 Å². The zero-order chi connectivity index (χ0) is 19.6. The van der Waals surface area contributed by atoms with Crippen LogP contribution in [0.15, 0.2) is 53.5 Å². The van der Waals surface area contributed by atoms with Crippen molar-refractivity contribution in [2.45, 2.75) is 19.8 Å². The molecule has 1 amide bonds. The molecule has 0 saturated carbocycles. The standard InChI is InChI=1S/C21H27FN4O.HI/c1-15-9-10-18(13-19(15)22)20(27)24-11-12-25-21(23-3)26-14-16(2)17-7-5-4-6-8-17;/h4-10,13,16H,11-12,14H2,1-3H3,(H,24,27)(H2,23,25,26);1H. The molecule has 0 spiro atoms. The van der Waals surface area contributed by atoms with E-state index in [-0.39, 0.29) is 35.7 Å². The number of hydrogen-bond donors (Lipinski definition) is 3. The molecule has 5 nitrogen and oxygen atoms in total. The molecule has 152 valence electrons. The first-order valence-electron chi connectivity index (χ1n) is 9.05. The highest BCUT2D eigenvalue weighted by Crippen LogP contribution is 2.12. The maximum absolute atomic E-state index is 13.5. The lowest BCUT2D eigenvalue weighted by atomic mass is 10.0. The number of hydrogen-bond acceptors (Lipinski definition) is 2. The fourth-order valence-corrected chi connectivity index (χ4v) is 2.56. The molecule has 0 saturated heterocycles. The Morgan fingerprint density at radius 2 is 1.75 bits per heavy atom. The van der Waals surface area contributed by atoms with E-state index in [1.165, 1.54) is 11.6 Å². The van der Waals surface area contributed by atoms with Crippen molar-refractivity contribution in [3.8, 4) is 0 Å². The van der Waals surface area contributed by atoms with Crippen molar-refractivity contribution < 1.29 is 9.18 Å². The van der Waals surface area contributed by atoms with E-state index in [4.69, 9.17) is 0 Å². The highest BCUT2D eigenvalue weighted by molar-refractivity contribution is 14.0. The van der Waals surface area contributed by atoms with Gasteiger partial charge in [0.15, 0.2) is 5.96 Å². The molecule has 0 aliphatic rings. The molecule has 1 atom stereocenters. The molecule has 0 aliphatic carbocycles. The minimum absolute atomic E-state index is 0. The largest absolute Gasteiger partial charge is 0.356 e. The average molecular weight is 498 g/mol. The van der Waals surface area contributed by atoms with Gasteiger partial charge in [0.1, 0.15) is 5.82 Å². The number of nitrogens with zero attached hydrogens (tertiary/aromatic N) is 1. The number of amides is 1. The molecule has 0 heterocycles. The van der Waals surface area contributed by atoms with Gasteiger partial charge >= 0.3 is 0 Å². The Balaban J connectivity index is 0.00000392. The van der Waals surface area contributed by atoms with Gasteiger partial charge in [-0.25, -0.2) is 4.39 Å². The highest BCUT2D eigenvalue weighted by atomic mass is 127. The van der Waals surface area contributed by atoms with Crippen LogP contribution in [0.5, 0.6) is 0 Å². The predicted octanol–water partition coefficient (Wildman–Crippen LogP) is 3.45. The SMILES string of the molecule is CN=C(NCCNC(=O)c1ccc(C)c(F)c1)NCC(C)c1ccccc1.I. The molecule has 7 heteroatoms. The van der Waals surface area contributed by atoms with Crippen LogP contribution in [0.4, 0.5) is 4.39 Å². The van der Waals surface area contributed by atoms with Crippen LogP contribution in [0, 0.1) is 12.7 Å². The Bertz CT molecular complexity index is 783. The van der Waals surface area contributed by atoms with E-state index in [1.54, 1.807) is 26.1 Å². The molecule has 28 heavy (non-hydrogen) atoms. The van der Waals surface area contributed by atoms with Crippen molar-refractivity contribution in [3.63, 3.8) is 0 Å². The molecule has 1 unspecified atom stereocenters. The van der Waals surface area contributed by atoms with Gasteiger partial charge in [-0.15, -0.1) is 24.0 Å². The molecule has 0 aromatic heterocycles. The summed E-state index contributed by atoms with van der Waals surface area (Å²) in [4.78, 5) is 16.2. The second kappa shape index (κ2) is 12.3. The summed E-state index contributed by atoms with van der Waals surface area (Å²) in [6, 6.07) is 14.7. The van der Waals surface area contributed by atoms with E-state index in [9.17, 15) is 9.18 Å². The van der Waals surface area contributed by atoms with Crippen molar-refractivity contribution in [1.82, 2.24) is 16.0 Å². The van der Waals surface area contributed by atoms with Gasteiger partial charge in [0.2, 0.25) is 0 Å². The zero-order valence-electron chi connectivity index (χ0n) is 16.5. The molecule has 0 fully saturated rings. The summed E-state index contributed by atoms with van der Waals surface area (Å²) in [6.07, 6.45) is 0. The van der Waals surface area contributed by atoms with Crippen LogP contribution in [0.25, 0.3) is 0 Å². The Labute approximate surface area is 183 Å². The van der Waals surface area contributed by atoms with Crippen LogP contribution in [-0.2, 0) is 0 Å². The summed E-state index contributed by atoms with van der Waals surface area (Å²) in [5.41, 5.74) is 2.10. The number of aliphatic imine (C=N–C) groups is 1. The molecular weight excluding hydrogens is 470 g/mol. The molecule has 2 aromatic carbocycles. The van der Waals surface area contributed by atoms with Crippen LogP contribution in [0.3, 0.4) is 0 Å². The van der Waals surface area contributed by atoms with Gasteiger partial charge in [0.05, 0.1) is 0 Å². The summed E-state index contributed by atoms with van der Waals surface area (Å²) < 4.78 is 13.5. The normalized spacial score (nSPS) is 11.9. The first kappa shape index (κ1) is 23.9. The number of aryl methyl sites for hydroxylation is 1. The second-order valence-corrected chi connectivity index (χ2v) is 6.41. The molecule has 0 radical (unpaired) electrons. The van der Waals surface area contributed by atoms with Crippen LogP contribution in [0.2, 0.25) is 0 Å². The molecule has 3 N–H and O–H groups in total. The number of carbonyl (C=O) groups excluding carboxylic acids is 1. The van der Waals surface area contributed by atoms with Crippen LogP contribution < -0.4 is 16.0 Å². The van der Waals surface area contributed by atoms with Gasteiger partial charge < -0.3 is 16.0 Å². The number of rotatable bonds is 7. The van der Waals surface area contributed by atoms with E-state index < -0.39 is 0 Å². The summed E-state index contributed by atoms with van der Waals surface area (Å²) in [5.74, 6) is 0.351. The number of carbonyl (C=O) groups is 1. The number of benzene rings is 2. The lowest BCUT2D eigenvalue weighted by molar-refractivity contribution is 0.0954. The fourth-order valence-electron chi connectivity index (χ4n) is 2.56. The number of halogens is 2. The van der Waals surface area contributed by atoms with E-state index in [2.05, 4.69) is 40.0 Å². The molecule has 2 aromatic rings. The lowest BCUT2D eigenvalue weighted by Gasteiger charge is -2.16. The van der Waals surface area contributed by atoms with Gasteiger partial charge in [-0.05, 0) is 36.1 Å². The van der Waals surface area contributed by atoms with Crippen LogP contribution in [0.1, 0.15) is 34.3 Å². The van der Waals surface area contributed by atoms with Crippen molar-refractivity contribution in [3.05, 3.63) is 71.0 Å². The van der Waals surface area contributed by atoms with Gasteiger partial charge in [-0.2, -0.15) is 0 Å². The van der Waals surface area contributed by atoms with Crippen LogP contribution in [-0.4, -0.2) is 38.5 Å². The molecule has 2 rings (SSSR count). The quantitative estimate of drug-likeness (QED) is 0.237. The summed E-state index contributed by atoms with van der Waals surface area (Å²) in [7, 11) is 1.70. The highest BCUT2D eigenvalue weighted by Gasteiger charge is 2.08. The van der Waals surface area contributed by atoms with Crippen LogP contribution >= 0.6 is 24.0 Å². The summed E-state index contributed by atoms with van der Waals surface area (Å²) in [6.45, 7) is 5.48. The third kappa shape index (κ3) is 7.46. The lowest BCUT2D eigenvalue weighted by Crippen LogP contribution is -2.42. The first-order chi connectivity index (χ1) is 13.0. The Morgan fingerprint density at radius 3 is 2.39 bits per heavy atom. The fraction of sp³-hybridized carbons (Fsp3) is 0.333. The summed E-state index contributed by atoms with van der Waals surface area (Å²) >= 11 is 0. The van der Waals surface area contributed by atoms with Crippen molar-refractivity contribution in [2.75, 3.05) is 26.7 Å². The van der Waals surface area contributed by atoms with E-state index in [0.29, 0.717) is 36.1 Å². The third-order valence-corrected chi connectivity index (χ3v) is 4.30. The molecule has 0 aliphatic heterocycles. The van der Waals surface area contributed by atoms with Crippen molar-refractivity contribution in [1.29, 1.82) is 0 Å². The Morgan fingerprint density at radius 1 is 1.07 bits per heavy atom. The topological polar surface area (TPSA) is 65.5 Å². The van der Waals surface area contributed by atoms with Gasteiger partial charge in [-0.3, -0.25) is 9.79 Å². The minimum atomic E-state index is -0.377. The average Bonchev–Trinajstić information content (AvgIpc) is 2.69. The van der Waals surface area contributed by atoms with E-state index in [1.807, 2.05) is 18.2 Å². The molecular formula is C21H28FIN4O. The second-order valence-electron chi connectivity index (χ2n) is 6.41. The van der Waals surface area contributed by atoms with Crippen molar-refractivity contribution in [2.24, 2.45) is 4.99 Å². The Kier molecular flexibility index (Phi) is 10.5. The minimum Gasteiger partial charge on any atom is -0.356 e. The molecule has 0 bridgehead atoms. The predicted molar refractivity (Wildman–Crippen MR) is 123 cm³/mol. The monoisotopic (exact) mass is 498 g/mol. The number of guanidine groups is 1. The smallest absolute Gasteiger partial charge is 0.251 e. The van der Waals surface area contributed by atoms with E-state index >= 15 is 0 Å². The zero-order valence-corrected chi connectivity index (χ0v) is 18.8. The van der Waals surface area contributed by atoms with Gasteiger partial charge in [0, 0.05) is 32.2 Å². The van der Waals surface area contributed by atoms with Gasteiger partial charge in [0.25, 0.3) is 5.91 Å². The van der Waals surface area contributed by atoms with E-state index in [0.717, 1.165) is 6.54 Å². The third-order valence-electron chi connectivity index (χ3n) is 4.30.